The van der Waals surface area contributed by atoms with E-state index < -0.39 is 6.10 Å². The summed E-state index contributed by atoms with van der Waals surface area (Å²) in [7, 11) is 0. The topological polar surface area (TPSA) is 55.5 Å². The molecule has 0 fully saturated rings. The number of hydrogen-bond donors (Lipinski definition) is 2. The summed E-state index contributed by atoms with van der Waals surface area (Å²) in [4.78, 5) is 0. The molecular weight excluding hydrogens is 226 g/mol. The molecule has 0 saturated heterocycles. The Morgan fingerprint density at radius 2 is 1.61 bits per heavy atom. The summed E-state index contributed by atoms with van der Waals surface area (Å²) in [6.07, 6.45) is -0.631. The molecule has 0 amide bonds. The first-order valence-corrected chi connectivity index (χ1v) is 6.43. The molecule has 0 saturated carbocycles. The van der Waals surface area contributed by atoms with Crippen LogP contribution in [0.3, 0.4) is 0 Å². The van der Waals surface area contributed by atoms with E-state index in [0.29, 0.717) is 0 Å². The van der Waals surface area contributed by atoms with Crippen LogP contribution in [0.4, 0.5) is 0 Å². The minimum atomic E-state index is -0.631. The van der Waals surface area contributed by atoms with Crippen LogP contribution in [0, 0.1) is 5.92 Å². The molecule has 1 aromatic rings. The van der Waals surface area contributed by atoms with Gasteiger partial charge in [-0.25, -0.2) is 0 Å². The van der Waals surface area contributed by atoms with Crippen molar-refractivity contribution in [3.63, 3.8) is 0 Å². The number of aliphatic hydroxyl groups excluding tert-OH is 1. The standard InChI is InChI=1S/C15H25NO2/c1-10(2)13(16)14(17)11-6-8-12(9-7-11)18-15(3,4)5/h6-10,13-14,17H,16H2,1-5H3. The molecule has 102 valence electrons. The highest BCUT2D eigenvalue weighted by atomic mass is 16.5. The lowest BCUT2D eigenvalue weighted by molar-refractivity contribution is 0.124. The van der Waals surface area contributed by atoms with Crippen LogP contribution >= 0.6 is 0 Å². The van der Waals surface area contributed by atoms with Crippen molar-refractivity contribution in [3.05, 3.63) is 29.8 Å². The van der Waals surface area contributed by atoms with E-state index in [1.165, 1.54) is 0 Å². The quantitative estimate of drug-likeness (QED) is 0.865. The van der Waals surface area contributed by atoms with Crippen molar-refractivity contribution < 1.29 is 9.84 Å². The molecule has 0 aliphatic carbocycles. The third-order valence-corrected chi connectivity index (χ3v) is 2.78. The molecule has 0 aliphatic rings. The van der Waals surface area contributed by atoms with Crippen molar-refractivity contribution in [1.82, 2.24) is 0 Å². The zero-order chi connectivity index (χ0) is 13.9. The number of rotatable bonds is 4. The Kier molecular flexibility index (Phi) is 4.77. The highest BCUT2D eigenvalue weighted by Crippen LogP contribution is 2.24. The van der Waals surface area contributed by atoms with E-state index in [2.05, 4.69) is 0 Å². The largest absolute Gasteiger partial charge is 0.488 e. The Hall–Kier alpha value is -1.06. The molecular formula is C15H25NO2. The Balaban J connectivity index is 2.77. The zero-order valence-electron chi connectivity index (χ0n) is 12.0. The summed E-state index contributed by atoms with van der Waals surface area (Å²) in [6.45, 7) is 10.0. The number of hydrogen-bond acceptors (Lipinski definition) is 3. The highest BCUT2D eigenvalue weighted by molar-refractivity contribution is 5.29. The molecule has 0 aliphatic heterocycles. The summed E-state index contributed by atoms with van der Waals surface area (Å²) in [6, 6.07) is 7.23. The molecule has 0 spiro atoms. The van der Waals surface area contributed by atoms with Crippen LogP contribution in [0.2, 0.25) is 0 Å². The molecule has 3 nitrogen and oxygen atoms in total. The van der Waals surface area contributed by atoms with Crippen molar-refractivity contribution in [2.75, 3.05) is 0 Å². The van der Waals surface area contributed by atoms with Gasteiger partial charge >= 0.3 is 0 Å². The summed E-state index contributed by atoms with van der Waals surface area (Å²) in [5.41, 5.74) is 6.57. The second-order valence-corrected chi connectivity index (χ2v) is 6.05. The molecule has 2 unspecified atom stereocenters. The lowest BCUT2D eigenvalue weighted by atomic mass is 9.94. The smallest absolute Gasteiger partial charge is 0.120 e. The predicted octanol–water partition coefficient (Wildman–Crippen LogP) is 2.88. The van der Waals surface area contributed by atoms with Gasteiger partial charge in [-0.2, -0.15) is 0 Å². The summed E-state index contributed by atoms with van der Waals surface area (Å²) < 4.78 is 5.73. The normalized spacial score (nSPS) is 15.6. The maximum atomic E-state index is 10.1. The average molecular weight is 251 g/mol. The number of benzene rings is 1. The molecule has 1 rings (SSSR count). The van der Waals surface area contributed by atoms with Crippen LogP contribution in [0.5, 0.6) is 5.75 Å². The third kappa shape index (κ3) is 4.31. The fraction of sp³-hybridized carbons (Fsp3) is 0.600. The van der Waals surface area contributed by atoms with Gasteiger partial charge in [-0.3, -0.25) is 0 Å². The van der Waals surface area contributed by atoms with Crippen molar-refractivity contribution in [2.45, 2.75) is 52.4 Å². The average Bonchev–Trinajstić information content (AvgIpc) is 2.26. The van der Waals surface area contributed by atoms with Crippen LogP contribution < -0.4 is 10.5 Å². The van der Waals surface area contributed by atoms with Crippen LogP contribution in [0.25, 0.3) is 0 Å². The first kappa shape index (κ1) is 15.0. The van der Waals surface area contributed by atoms with Crippen LogP contribution in [-0.4, -0.2) is 16.7 Å². The van der Waals surface area contributed by atoms with Crippen molar-refractivity contribution in [3.8, 4) is 5.75 Å². The minimum absolute atomic E-state index is 0.214. The van der Waals surface area contributed by atoms with E-state index in [-0.39, 0.29) is 17.6 Å². The minimum Gasteiger partial charge on any atom is -0.488 e. The maximum absolute atomic E-state index is 10.1. The van der Waals surface area contributed by atoms with Gasteiger partial charge in [0.1, 0.15) is 11.4 Å². The summed E-state index contributed by atoms with van der Waals surface area (Å²) in [5.74, 6) is 1.04. The van der Waals surface area contributed by atoms with Gasteiger partial charge in [-0.1, -0.05) is 26.0 Å². The van der Waals surface area contributed by atoms with Gasteiger partial charge in [0, 0.05) is 6.04 Å². The summed E-state index contributed by atoms with van der Waals surface area (Å²) in [5, 5.41) is 10.1. The Bertz CT molecular complexity index is 365. The van der Waals surface area contributed by atoms with E-state index in [9.17, 15) is 5.11 Å². The zero-order valence-corrected chi connectivity index (χ0v) is 12.0. The van der Waals surface area contributed by atoms with Crippen LogP contribution in [0.1, 0.15) is 46.3 Å². The number of ether oxygens (including phenoxy) is 1. The van der Waals surface area contributed by atoms with Gasteiger partial charge in [-0.15, -0.1) is 0 Å². The van der Waals surface area contributed by atoms with Crippen molar-refractivity contribution in [2.24, 2.45) is 11.7 Å². The lowest BCUT2D eigenvalue weighted by Crippen LogP contribution is -2.33. The van der Waals surface area contributed by atoms with Gasteiger partial charge in [0.25, 0.3) is 0 Å². The molecule has 2 atom stereocenters. The Labute approximate surface area is 110 Å². The molecule has 0 bridgehead atoms. The third-order valence-electron chi connectivity index (χ3n) is 2.78. The van der Waals surface area contributed by atoms with E-state index in [1.807, 2.05) is 58.9 Å². The maximum Gasteiger partial charge on any atom is 0.120 e. The number of nitrogens with two attached hydrogens (primary N) is 1. The van der Waals surface area contributed by atoms with Gasteiger partial charge in [0.15, 0.2) is 0 Å². The molecule has 0 aromatic heterocycles. The van der Waals surface area contributed by atoms with E-state index in [4.69, 9.17) is 10.5 Å². The molecule has 0 heterocycles. The highest BCUT2D eigenvalue weighted by Gasteiger charge is 2.20. The fourth-order valence-electron chi connectivity index (χ4n) is 1.67. The van der Waals surface area contributed by atoms with Gasteiger partial charge in [0.05, 0.1) is 6.10 Å². The van der Waals surface area contributed by atoms with E-state index in [0.717, 1.165) is 11.3 Å². The second-order valence-electron chi connectivity index (χ2n) is 6.05. The van der Waals surface area contributed by atoms with Crippen LogP contribution in [0.15, 0.2) is 24.3 Å². The van der Waals surface area contributed by atoms with Gasteiger partial charge in [-0.05, 0) is 44.4 Å². The molecule has 18 heavy (non-hydrogen) atoms. The van der Waals surface area contributed by atoms with Gasteiger partial charge in [0.2, 0.25) is 0 Å². The van der Waals surface area contributed by atoms with Gasteiger partial charge < -0.3 is 15.6 Å². The molecule has 3 N–H and O–H groups in total. The van der Waals surface area contributed by atoms with Crippen LogP contribution in [-0.2, 0) is 0 Å². The second kappa shape index (κ2) is 5.72. The van der Waals surface area contributed by atoms with E-state index in [1.54, 1.807) is 0 Å². The SMILES string of the molecule is CC(C)C(N)C(O)c1ccc(OC(C)(C)C)cc1. The fourth-order valence-corrected chi connectivity index (χ4v) is 1.67. The molecule has 1 aromatic carbocycles. The number of aliphatic hydroxyl groups is 1. The summed E-state index contributed by atoms with van der Waals surface area (Å²) >= 11 is 0. The van der Waals surface area contributed by atoms with Crippen molar-refractivity contribution >= 4 is 0 Å². The predicted molar refractivity (Wildman–Crippen MR) is 74.6 cm³/mol. The Morgan fingerprint density at radius 3 is 2.00 bits per heavy atom. The molecule has 3 heteroatoms. The van der Waals surface area contributed by atoms with Crippen molar-refractivity contribution in [1.29, 1.82) is 0 Å². The first-order chi connectivity index (χ1) is 8.20. The monoisotopic (exact) mass is 251 g/mol. The Morgan fingerprint density at radius 1 is 1.11 bits per heavy atom. The molecule has 0 radical (unpaired) electrons. The lowest BCUT2D eigenvalue weighted by Gasteiger charge is -2.24. The van der Waals surface area contributed by atoms with E-state index >= 15 is 0 Å². The first-order valence-electron chi connectivity index (χ1n) is 6.43.